The van der Waals surface area contributed by atoms with Gasteiger partial charge in [0, 0.05) is 19.1 Å². The maximum atomic E-state index is 12.2. The first kappa shape index (κ1) is 22.5. The molecule has 0 N–H and O–H groups in total. The minimum Gasteiger partial charge on any atom is -0.468 e. The molecule has 4 aromatic rings. The van der Waals surface area contributed by atoms with Crippen LogP contribution in [0.3, 0.4) is 0 Å². The molecule has 0 radical (unpaired) electrons. The van der Waals surface area contributed by atoms with Crippen molar-refractivity contribution in [2.45, 2.75) is 51.2 Å². The lowest BCUT2D eigenvalue weighted by atomic mass is 9.84. The minimum absolute atomic E-state index is 0.238. The number of hydrogen-bond donors (Lipinski definition) is 0. The van der Waals surface area contributed by atoms with Crippen LogP contribution >= 0.6 is 0 Å². The van der Waals surface area contributed by atoms with Crippen LogP contribution in [0.1, 0.15) is 49.4 Å². The number of ether oxygens (including phenoxy) is 1. The number of aromatic nitrogens is 4. The van der Waals surface area contributed by atoms with Gasteiger partial charge in [0.1, 0.15) is 17.8 Å². The third-order valence-electron chi connectivity index (χ3n) is 7.37. The molecule has 1 fully saturated rings. The number of pyridine rings is 1. The van der Waals surface area contributed by atoms with Crippen LogP contribution in [0, 0.1) is 0 Å². The number of fused-ring (bicyclic) bond motifs is 1. The van der Waals surface area contributed by atoms with Crippen LogP contribution in [0.5, 0.6) is 0 Å². The van der Waals surface area contributed by atoms with Gasteiger partial charge in [-0.25, -0.2) is 4.98 Å². The van der Waals surface area contributed by atoms with Crippen molar-refractivity contribution in [1.29, 1.82) is 0 Å². The van der Waals surface area contributed by atoms with Gasteiger partial charge < -0.3 is 14.2 Å². The predicted octanol–water partition coefficient (Wildman–Crippen LogP) is 5.31. The molecule has 0 atom stereocenters. The number of esters is 1. The molecule has 1 saturated carbocycles. The summed E-state index contributed by atoms with van der Waals surface area (Å²) in [6.07, 6.45) is 4.18. The molecule has 0 unspecified atom stereocenters. The molecule has 6 rings (SSSR count). The predicted molar refractivity (Wildman–Crippen MR) is 138 cm³/mol. The first-order valence-corrected chi connectivity index (χ1v) is 12.4. The summed E-state index contributed by atoms with van der Waals surface area (Å²) >= 11 is 0. The van der Waals surface area contributed by atoms with Crippen LogP contribution in [-0.4, -0.2) is 32.8 Å². The average Bonchev–Trinajstić information content (AvgIpc) is 3.47. The van der Waals surface area contributed by atoms with Gasteiger partial charge in [-0.2, -0.15) is 0 Å². The van der Waals surface area contributed by atoms with Crippen LogP contribution in [0.2, 0.25) is 0 Å². The molecule has 0 amide bonds. The maximum absolute atomic E-state index is 12.2. The number of methoxy groups -OCH3 is 1. The van der Waals surface area contributed by atoms with Crippen LogP contribution in [0.15, 0.2) is 67.0 Å². The lowest BCUT2D eigenvalue weighted by Crippen LogP contribution is -2.30. The largest absolute Gasteiger partial charge is 0.468 e. The van der Waals surface area contributed by atoms with Gasteiger partial charge in [-0.05, 0) is 72.7 Å². The highest BCUT2D eigenvalue weighted by Gasteiger charge is 2.31. The van der Waals surface area contributed by atoms with E-state index >= 15 is 0 Å². The molecule has 2 aromatic heterocycles. The number of rotatable bonds is 6. The summed E-state index contributed by atoms with van der Waals surface area (Å²) in [5.74, 6) is 1.56. The van der Waals surface area contributed by atoms with Crippen molar-refractivity contribution < 1.29 is 9.53 Å². The van der Waals surface area contributed by atoms with E-state index in [1.54, 1.807) is 0 Å². The molecule has 182 valence electrons. The van der Waals surface area contributed by atoms with E-state index in [4.69, 9.17) is 9.72 Å². The van der Waals surface area contributed by atoms with Crippen molar-refractivity contribution in [2.24, 2.45) is 0 Å². The van der Waals surface area contributed by atoms with Gasteiger partial charge in [-0.3, -0.25) is 4.79 Å². The molecular formula is C29H29N5O2. The van der Waals surface area contributed by atoms with Crippen molar-refractivity contribution in [1.82, 2.24) is 19.7 Å². The monoisotopic (exact) mass is 479 g/mol. The normalized spacial score (nSPS) is 15.1. The number of carbonyl (C=O) groups excluding carboxylic acids is 1. The molecule has 36 heavy (non-hydrogen) atoms. The first-order valence-electron chi connectivity index (χ1n) is 12.4. The second-order valence-corrected chi connectivity index (χ2v) is 10.2. The molecule has 0 saturated heterocycles. The fourth-order valence-electron chi connectivity index (χ4n) is 4.96. The second kappa shape index (κ2) is 8.59. The summed E-state index contributed by atoms with van der Waals surface area (Å²) in [5, 5.41) is 8.47. The molecule has 7 heteroatoms. The van der Waals surface area contributed by atoms with Gasteiger partial charge in [-0.15, -0.1) is 10.2 Å². The van der Waals surface area contributed by atoms with Gasteiger partial charge in [0.15, 0.2) is 5.82 Å². The Morgan fingerprint density at radius 1 is 0.972 bits per heavy atom. The molecule has 0 bridgehead atoms. The summed E-state index contributed by atoms with van der Waals surface area (Å²) < 4.78 is 7.12. The van der Waals surface area contributed by atoms with Crippen molar-refractivity contribution >= 4 is 11.8 Å². The topological polar surface area (TPSA) is 73.1 Å². The Labute approximate surface area is 210 Å². The number of benzene rings is 2. The van der Waals surface area contributed by atoms with Crippen LogP contribution in [-0.2, 0) is 28.0 Å². The van der Waals surface area contributed by atoms with Gasteiger partial charge >= 0.3 is 5.97 Å². The Morgan fingerprint density at radius 2 is 1.72 bits per heavy atom. The zero-order valence-corrected chi connectivity index (χ0v) is 20.8. The quantitative estimate of drug-likeness (QED) is 0.349. The SMILES string of the molecule is COC(=O)C(C)(C)c1ccc(-c2ccc3c(c2)CN(c2cccc(-c4nncn4C4CC4)n2)C3)cc1. The van der Waals surface area contributed by atoms with Gasteiger partial charge in [0.2, 0.25) is 0 Å². The molecular weight excluding hydrogens is 450 g/mol. The van der Waals surface area contributed by atoms with E-state index in [2.05, 4.69) is 62.1 Å². The average molecular weight is 480 g/mol. The van der Waals surface area contributed by atoms with Gasteiger partial charge in [0.25, 0.3) is 0 Å². The minimum atomic E-state index is -0.681. The highest BCUT2D eigenvalue weighted by atomic mass is 16.5. The van der Waals surface area contributed by atoms with E-state index in [-0.39, 0.29) is 5.97 Å². The molecule has 0 spiro atoms. The Balaban J connectivity index is 1.22. The van der Waals surface area contributed by atoms with Crippen LogP contribution in [0.4, 0.5) is 5.82 Å². The molecule has 1 aliphatic carbocycles. The fourth-order valence-corrected chi connectivity index (χ4v) is 4.96. The number of carbonyl (C=O) groups is 1. The van der Waals surface area contributed by atoms with E-state index in [0.717, 1.165) is 47.1 Å². The lowest BCUT2D eigenvalue weighted by molar-refractivity contribution is -0.146. The summed E-state index contributed by atoms with van der Waals surface area (Å²) in [7, 11) is 1.43. The van der Waals surface area contributed by atoms with Crippen molar-refractivity contribution in [2.75, 3.05) is 12.0 Å². The Hall–Kier alpha value is -4.00. The van der Waals surface area contributed by atoms with E-state index in [9.17, 15) is 4.79 Å². The van der Waals surface area contributed by atoms with Crippen molar-refractivity contribution in [3.8, 4) is 22.6 Å². The van der Waals surface area contributed by atoms with Crippen molar-refractivity contribution in [3.05, 3.63) is 83.7 Å². The van der Waals surface area contributed by atoms with E-state index in [1.165, 1.54) is 31.1 Å². The van der Waals surface area contributed by atoms with E-state index < -0.39 is 5.41 Å². The fraction of sp³-hybridized carbons (Fsp3) is 0.310. The zero-order valence-electron chi connectivity index (χ0n) is 20.8. The molecule has 2 aromatic carbocycles. The summed E-state index contributed by atoms with van der Waals surface area (Å²) in [6, 6.07) is 21.5. The third-order valence-corrected chi connectivity index (χ3v) is 7.37. The first-order chi connectivity index (χ1) is 17.4. The maximum Gasteiger partial charge on any atom is 0.315 e. The van der Waals surface area contributed by atoms with Crippen LogP contribution < -0.4 is 4.90 Å². The van der Waals surface area contributed by atoms with Gasteiger partial charge in [0.05, 0.1) is 12.5 Å². The number of nitrogens with zero attached hydrogens (tertiary/aromatic N) is 5. The molecule has 1 aliphatic heterocycles. The summed E-state index contributed by atoms with van der Waals surface area (Å²) in [6.45, 7) is 5.41. The molecule has 2 aliphatic rings. The van der Waals surface area contributed by atoms with Gasteiger partial charge in [-0.1, -0.05) is 42.5 Å². The second-order valence-electron chi connectivity index (χ2n) is 10.2. The van der Waals surface area contributed by atoms with Crippen molar-refractivity contribution in [3.63, 3.8) is 0 Å². The van der Waals surface area contributed by atoms with E-state index in [1.807, 2.05) is 38.4 Å². The third kappa shape index (κ3) is 3.94. The number of anilines is 1. The smallest absolute Gasteiger partial charge is 0.315 e. The Kier molecular flexibility index (Phi) is 5.36. The van der Waals surface area contributed by atoms with E-state index in [0.29, 0.717) is 6.04 Å². The summed E-state index contributed by atoms with van der Waals surface area (Å²) in [5.41, 5.74) is 6.03. The van der Waals surface area contributed by atoms with Crippen LogP contribution in [0.25, 0.3) is 22.6 Å². The number of hydrogen-bond acceptors (Lipinski definition) is 6. The highest BCUT2D eigenvalue weighted by Crippen LogP contribution is 2.38. The Bertz CT molecular complexity index is 1440. The lowest BCUT2D eigenvalue weighted by Gasteiger charge is -2.22. The Morgan fingerprint density at radius 3 is 2.47 bits per heavy atom. The highest BCUT2D eigenvalue weighted by molar-refractivity contribution is 5.82. The zero-order chi connectivity index (χ0) is 24.9. The standard InChI is InChI=1S/C29H29N5O2/c1-29(2,28(35)36-3)23-11-9-19(10-12-23)20-7-8-21-16-33(17-22(21)15-20)26-6-4-5-25(31-26)27-32-30-18-34(27)24-13-14-24/h4-12,15,18,24H,13-14,16-17H2,1-3H3. The molecule has 7 nitrogen and oxygen atoms in total. The summed E-state index contributed by atoms with van der Waals surface area (Å²) in [4.78, 5) is 19.4. The molecule has 3 heterocycles.